The maximum absolute atomic E-state index is 6.49. The minimum atomic E-state index is 0.870. The number of furan rings is 2. The van der Waals surface area contributed by atoms with Gasteiger partial charge in [-0.3, -0.25) is 0 Å². The van der Waals surface area contributed by atoms with Crippen LogP contribution < -0.4 is 4.90 Å². The van der Waals surface area contributed by atoms with Gasteiger partial charge in [-0.15, -0.1) is 0 Å². The van der Waals surface area contributed by atoms with Crippen LogP contribution in [0.2, 0.25) is 0 Å². The molecule has 3 heteroatoms. The van der Waals surface area contributed by atoms with Crippen molar-refractivity contribution < 1.29 is 8.83 Å². The first-order chi connectivity index (χ1) is 18.3. The van der Waals surface area contributed by atoms with Crippen LogP contribution in [0.1, 0.15) is 0 Å². The van der Waals surface area contributed by atoms with Crippen LogP contribution in [-0.4, -0.2) is 0 Å². The molecule has 0 aliphatic rings. The van der Waals surface area contributed by atoms with Gasteiger partial charge >= 0.3 is 0 Å². The quantitative estimate of drug-likeness (QED) is 0.255. The summed E-state index contributed by atoms with van der Waals surface area (Å²) in [6, 6.07) is 44.2. The smallest absolute Gasteiger partial charge is 0.143 e. The van der Waals surface area contributed by atoms with Gasteiger partial charge in [0, 0.05) is 56.1 Å². The van der Waals surface area contributed by atoms with Crippen LogP contribution in [-0.2, 0) is 0 Å². The van der Waals surface area contributed by atoms with Crippen molar-refractivity contribution in [3.8, 4) is 0 Å². The van der Waals surface area contributed by atoms with Gasteiger partial charge in [-0.1, -0.05) is 66.7 Å². The molecule has 6 aromatic carbocycles. The molecule has 0 N–H and O–H groups in total. The lowest BCUT2D eigenvalue weighted by Gasteiger charge is -2.25. The Hall–Kier alpha value is -5.02. The molecule has 0 unspecified atom stereocenters. The lowest BCUT2D eigenvalue weighted by atomic mass is 10.1. The zero-order valence-electron chi connectivity index (χ0n) is 19.9. The first-order valence-corrected chi connectivity index (χ1v) is 12.4. The highest BCUT2D eigenvalue weighted by Gasteiger charge is 2.17. The molecule has 0 amide bonds. The monoisotopic (exact) mass is 475 g/mol. The summed E-state index contributed by atoms with van der Waals surface area (Å²) in [5.41, 5.74) is 6.69. The number of benzene rings is 6. The average Bonchev–Trinajstić information content (AvgIpc) is 3.51. The number of anilines is 3. The maximum atomic E-state index is 6.49. The molecule has 37 heavy (non-hydrogen) atoms. The van der Waals surface area contributed by atoms with Crippen LogP contribution in [0.25, 0.3) is 54.6 Å². The summed E-state index contributed by atoms with van der Waals surface area (Å²) in [5.74, 6) is 0. The topological polar surface area (TPSA) is 29.5 Å². The van der Waals surface area contributed by atoms with Gasteiger partial charge in [0.2, 0.25) is 0 Å². The van der Waals surface area contributed by atoms with Gasteiger partial charge < -0.3 is 13.7 Å². The zero-order valence-corrected chi connectivity index (χ0v) is 19.9. The van der Waals surface area contributed by atoms with E-state index in [0.717, 1.165) is 66.3 Å². The number of hydrogen-bond donors (Lipinski definition) is 0. The summed E-state index contributed by atoms with van der Waals surface area (Å²) in [6.07, 6.45) is 0. The molecule has 2 aromatic heterocycles. The van der Waals surface area contributed by atoms with Gasteiger partial charge in [-0.2, -0.15) is 0 Å². The third kappa shape index (κ3) is 3.08. The van der Waals surface area contributed by atoms with E-state index in [1.807, 2.05) is 24.3 Å². The highest BCUT2D eigenvalue weighted by atomic mass is 16.3. The first kappa shape index (κ1) is 20.2. The van der Waals surface area contributed by atoms with E-state index < -0.39 is 0 Å². The molecule has 0 bridgehead atoms. The molecule has 0 fully saturated rings. The maximum Gasteiger partial charge on any atom is 0.143 e. The Kier molecular flexibility index (Phi) is 4.23. The Labute approximate surface area is 212 Å². The van der Waals surface area contributed by atoms with Crippen LogP contribution >= 0.6 is 0 Å². The molecule has 174 valence electrons. The number of para-hydroxylation sites is 2. The number of nitrogens with zero attached hydrogens (tertiary/aromatic N) is 1. The van der Waals surface area contributed by atoms with E-state index in [9.17, 15) is 0 Å². The molecule has 0 aliphatic heterocycles. The SMILES string of the molecule is c1ccc(N(c2ccc3c(c2)oc2ccccc23)c2ccc3c(c2)oc2c4ccccc4ccc32)cc1. The second kappa shape index (κ2) is 7.74. The van der Waals surface area contributed by atoms with Crippen molar-refractivity contribution in [2.24, 2.45) is 0 Å². The second-order valence-electron chi connectivity index (χ2n) is 9.40. The van der Waals surface area contributed by atoms with E-state index in [1.165, 1.54) is 5.39 Å². The summed E-state index contributed by atoms with van der Waals surface area (Å²) in [5, 5.41) is 6.81. The minimum Gasteiger partial charge on any atom is -0.456 e. The molecule has 0 aliphatic carbocycles. The van der Waals surface area contributed by atoms with Crippen LogP contribution in [0.3, 0.4) is 0 Å². The van der Waals surface area contributed by atoms with Crippen molar-refractivity contribution in [3.63, 3.8) is 0 Å². The van der Waals surface area contributed by atoms with E-state index in [-0.39, 0.29) is 0 Å². The van der Waals surface area contributed by atoms with Crippen LogP contribution in [0.5, 0.6) is 0 Å². The number of hydrogen-bond acceptors (Lipinski definition) is 3. The normalized spacial score (nSPS) is 11.8. The first-order valence-electron chi connectivity index (χ1n) is 12.4. The van der Waals surface area contributed by atoms with E-state index in [2.05, 4.69) is 108 Å². The van der Waals surface area contributed by atoms with Crippen LogP contribution in [0, 0.1) is 0 Å². The Balaban J connectivity index is 1.35. The van der Waals surface area contributed by atoms with Crippen molar-refractivity contribution in [2.75, 3.05) is 4.90 Å². The van der Waals surface area contributed by atoms with Gasteiger partial charge in [-0.05, 0) is 53.9 Å². The average molecular weight is 476 g/mol. The summed E-state index contributed by atoms with van der Waals surface area (Å²) in [7, 11) is 0. The third-order valence-corrected chi connectivity index (χ3v) is 7.24. The minimum absolute atomic E-state index is 0.870. The molecular weight excluding hydrogens is 454 g/mol. The van der Waals surface area contributed by atoms with Crippen LogP contribution in [0.4, 0.5) is 17.1 Å². The molecule has 0 saturated carbocycles. The van der Waals surface area contributed by atoms with Crippen molar-refractivity contribution in [3.05, 3.63) is 127 Å². The second-order valence-corrected chi connectivity index (χ2v) is 9.40. The summed E-state index contributed by atoms with van der Waals surface area (Å²) < 4.78 is 12.7. The molecule has 0 saturated heterocycles. The Morgan fingerprint density at radius 2 is 0.973 bits per heavy atom. The fraction of sp³-hybridized carbons (Fsp3) is 0. The van der Waals surface area contributed by atoms with Gasteiger partial charge in [0.05, 0.1) is 0 Å². The number of fused-ring (bicyclic) bond motifs is 8. The lowest BCUT2D eigenvalue weighted by molar-refractivity contribution is 0.669. The summed E-state index contributed by atoms with van der Waals surface area (Å²) in [4.78, 5) is 2.25. The summed E-state index contributed by atoms with van der Waals surface area (Å²) in [6.45, 7) is 0. The standard InChI is InChI=1S/C34H21NO2/c1-2-9-23(10-3-1)35(24-15-18-28-27-12-6-7-13-31(27)36-32(28)20-24)25-16-19-29-30-17-14-22-8-4-5-11-26(22)34(30)37-33(29)21-25/h1-21H. The fourth-order valence-electron chi connectivity index (χ4n) is 5.51. The predicted octanol–water partition coefficient (Wildman–Crippen LogP) is 10.1. The highest BCUT2D eigenvalue weighted by molar-refractivity contribution is 6.15. The molecule has 8 aromatic rings. The predicted molar refractivity (Wildman–Crippen MR) is 153 cm³/mol. The molecule has 0 radical (unpaired) electrons. The lowest BCUT2D eigenvalue weighted by Crippen LogP contribution is -2.09. The Morgan fingerprint density at radius 1 is 0.378 bits per heavy atom. The largest absolute Gasteiger partial charge is 0.456 e. The number of rotatable bonds is 3. The van der Waals surface area contributed by atoms with E-state index in [0.29, 0.717) is 0 Å². The Morgan fingerprint density at radius 3 is 1.78 bits per heavy atom. The molecule has 3 nitrogen and oxygen atoms in total. The zero-order chi connectivity index (χ0) is 24.3. The van der Waals surface area contributed by atoms with Crippen molar-refractivity contribution >= 4 is 71.7 Å². The van der Waals surface area contributed by atoms with Gasteiger partial charge in [0.1, 0.15) is 22.3 Å². The van der Waals surface area contributed by atoms with E-state index in [4.69, 9.17) is 8.83 Å². The van der Waals surface area contributed by atoms with Crippen LogP contribution in [0.15, 0.2) is 136 Å². The fourth-order valence-corrected chi connectivity index (χ4v) is 5.51. The van der Waals surface area contributed by atoms with Gasteiger partial charge in [0.15, 0.2) is 0 Å². The summed E-state index contributed by atoms with van der Waals surface area (Å²) >= 11 is 0. The van der Waals surface area contributed by atoms with E-state index in [1.54, 1.807) is 0 Å². The van der Waals surface area contributed by atoms with Gasteiger partial charge in [-0.25, -0.2) is 0 Å². The Bertz CT molecular complexity index is 2100. The molecule has 0 atom stereocenters. The van der Waals surface area contributed by atoms with Gasteiger partial charge in [0.25, 0.3) is 0 Å². The molecule has 8 rings (SSSR count). The third-order valence-electron chi connectivity index (χ3n) is 7.24. The highest BCUT2D eigenvalue weighted by Crippen LogP contribution is 2.41. The van der Waals surface area contributed by atoms with Crippen molar-refractivity contribution in [2.45, 2.75) is 0 Å². The molecule has 0 spiro atoms. The van der Waals surface area contributed by atoms with E-state index >= 15 is 0 Å². The molecule has 2 heterocycles. The molecular formula is C34H21NO2. The van der Waals surface area contributed by atoms with Crippen molar-refractivity contribution in [1.29, 1.82) is 0 Å². The van der Waals surface area contributed by atoms with Crippen molar-refractivity contribution in [1.82, 2.24) is 0 Å².